The number of oxime groups is 1. The Bertz CT molecular complexity index is 1760. The number of aliphatic carboxylic acids is 2. The molecule has 254 valence electrons. The molecule has 0 spiro atoms. The number of phenols is 2. The van der Waals surface area contributed by atoms with Crippen LogP contribution in [-0.4, -0.2) is 136 Å². The largest absolute Gasteiger partial charge is 0.504 e. The molecule has 2 fully saturated rings. The number of rotatable bonds is 11. The van der Waals surface area contributed by atoms with Gasteiger partial charge in [0.15, 0.2) is 22.3 Å². The predicted octanol–water partition coefficient (Wildman–Crippen LogP) is -3.68. The van der Waals surface area contributed by atoms with Crippen LogP contribution in [0.5, 0.6) is 11.5 Å². The number of nitrogens with two attached hydrogens (primary N) is 1. The van der Waals surface area contributed by atoms with Crippen molar-refractivity contribution >= 4 is 63.7 Å². The number of benzene rings is 1. The molecule has 1 unspecified atom stereocenters. The van der Waals surface area contributed by atoms with Crippen LogP contribution >= 0.6 is 11.3 Å². The number of nitrogens with zero attached hydrogens (tertiary/aromatic N) is 4. The molecule has 4 amide bonds. The molecule has 9 N–H and O–H groups in total. The van der Waals surface area contributed by atoms with Gasteiger partial charge < -0.3 is 51.3 Å². The summed E-state index contributed by atoms with van der Waals surface area (Å²) in [7, 11) is 0. The maximum atomic E-state index is 13.4. The van der Waals surface area contributed by atoms with Crippen LogP contribution in [0.2, 0.25) is 0 Å². The van der Waals surface area contributed by atoms with Gasteiger partial charge in [0.25, 0.3) is 29.2 Å². The standard InChI is InChI=1S/C25H22N6O16S/c26-23-28-11(5-48-23)15(29-47-24(6-32,7-33)21(41)42)16(36)27-10-4-45-31(19(10)39)25(22(43)44)3-12(20(40)46-25)30-17(37)8-1-13(34)14(35)2-9(8)18(30)38/h1-2,5,10,12,32-35H,3-4,6-7H2,(H2,26,28)(H,27,36)(H,41,42)(H,43,44)/b29-15-/t10-,12-,25?/m0/s1. The molecule has 3 atom stereocenters. The summed E-state index contributed by atoms with van der Waals surface area (Å²) in [6.07, 6.45) is -1.05. The number of hydrogen-bond donors (Lipinski definition) is 8. The first-order chi connectivity index (χ1) is 22.6. The second kappa shape index (κ2) is 12.0. The molecule has 2 aromatic rings. The first-order valence-corrected chi connectivity index (χ1v) is 14.1. The van der Waals surface area contributed by atoms with Crippen molar-refractivity contribution < 1.29 is 78.6 Å². The van der Waals surface area contributed by atoms with E-state index in [1.54, 1.807) is 0 Å². The fourth-order valence-corrected chi connectivity index (χ4v) is 5.33. The van der Waals surface area contributed by atoms with Gasteiger partial charge in [-0.1, -0.05) is 5.16 Å². The smallest absolute Gasteiger partial charge is 0.372 e. The molecular formula is C25H22N6O16S. The van der Waals surface area contributed by atoms with Crippen LogP contribution < -0.4 is 11.1 Å². The highest BCUT2D eigenvalue weighted by Gasteiger charge is 2.65. The Morgan fingerprint density at radius 2 is 1.71 bits per heavy atom. The Labute approximate surface area is 269 Å². The van der Waals surface area contributed by atoms with E-state index in [9.17, 15) is 64.2 Å². The lowest BCUT2D eigenvalue weighted by atomic mass is 10.0. The number of esters is 1. The molecule has 4 heterocycles. The number of carbonyl (C=O) groups is 7. The second-order valence-corrected chi connectivity index (χ2v) is 11.2. The Balaban J connectivity index is 1.38. The molecule has 23 heteroatoms. The monoisotopic (exact) mass is 694 g/mol. The lowest BCUT2D eigenvalue weighted by Gasteiger charge is -2.30. The maximum absolute atomic E-state index is 13.4. The van der Waals surface area contributed by atoms with Gasteiger partial charge in [0, 0.05) is 5.38 Å². The molecule has 1 aromatic heterocycles. The minimum absolute atomic E-state index is 0.0848. The van der Waals surface area contributed by atoms with Crippen molar-refractivity contribution in [3.63, 3.8) is 0 Å². The number of imide groups is 1. The van der Waals surface area contributed by atoms with Crippen molar-refractivity contribution in [1.29, 1.82) is 0 Å². The Morgan fingerprint density at radius 3 is 2.21 bits per heavy atom. The first-order valence-electron chi connectivity index (χ1n) is 13.2. The van der Waals surface area contributed by atoms with Gasteiger partial charge in [-0.15, -0.1) is 11.3 Å². The van der Waals surface area contributed by atoms with E-state index < -0.39 is 120 Å². The minimum atomic E-state index is -2.97. The van der Waals surface area contributed by atoms with Gasteiger partial charge in [-0.05, 0) is 12.1 Å². The summed E-state index contributed by atoms with van der Waals surface area (Å²) in [6.45, 7) is -3.35. The number of cyclic esters (lactones) is 1. The number of hydrogen-bond acceptors (Lipinski definition) is 18. The molecule has 48 heavy (non-hydrogen) atoms. The maximum Gasteiger partial charge on any atom is 0.372 e. The van der Waals surface area contributed by atoms with Gasteiger partial charge in [0.2, 0.25) is 0 Å². The minimum Gasteiger partial charge on any atom is -0.504 e. The molecule has 0 bridgehead atoms. The van der Waals surface area contributed by atoms with Gasteiger partial charge in [0.05, 0.1) is 30.8 Å². The van der Waals surface area contributed by atoms with Crippen molar-refractivity contribution in [3.8, 4) is 11.5 Å². The van der Waals surface area contributed by atoms with Crippen LogP contribution in [0.15, 0.2) is 22.7 Å². The van der Waals surface area contributed by atoms with Crippen molar-refractivity contribution in [2.24, 2.45) is 5.16 Å². The van der Waals surface area contributed by atoms with E-state index in [4.69, 9.17) is 20.1 Å². The number of phenolic OH excluding ortho intramolecular Hbond substituents is 2. The molecule has 1 aromatic carbocycles. The Hall–Kier alpha value is -5.91. The van der Waals surface area contributed by atoms with E-state index in [0.717, 1.165) is 23.5 Å². The number of nitrogens with one attached hydrogen (secondary N) is 1. The number of nitrogen functional groups attached to an aromatic ring is 1. The molecule has 3 aliphatic heterocycles. The zero-order valence-electron chi connectivity index (χ0n) is 23.8. The molecular weight excluding hydrogens is 672 g/mol. The van der Waals surface area contributed by atoms with E-state index in [1.165, 1.54) is 5.38 Å². The number of ether oxygens (including phenoxy) is 1. The summed E-state index contributed by atoms with van der Waals surface area (Å²) in [5.74, 6) is -11.7. The highest BCUT2D eigenvalue weighted by Crippen LogP contribution is 2.40. The number of aromatic hydroxyl groups is 2. The van der Waals surface area contributed by atoms with Gasteiger partial charge in [-0.2, -0.15) is 5.06 Å². The number of aliphatic hydroxyl groups is 2. The fraction of sp³-hybridized carbons (Fsp3) is 0.320. The summed E-state index contributed by atoms with van der Waals surface area (Å²) in [4.78, 5) is 104. The highest BCUT2D eigenvalue weighted by atomic mass is 32.1. The number of aliphatic hydroxyl groups excluding tert-OH is 2. The molecule has 0 aliphatic carbocycles. The van der Waals surface area contributed by atoms with E-state index in [1.807, 2.05) is 0 Å². The number of fused-ring (bicyclic) bond motifs is 1. The van der Waals surface area contributed by atoms with Crippen LogP contribution in [0.25, 0.3) is 0 Å². The fourth-order valence-electron chi connectivity index (χ4n) is 4.78. The topological polar surface area (TPSA) is 338 Å². The number of thiazole rings is 1. The summed E-state index contributed by atoms with van der Waals surface area (Å²) in [5.41, 5.74) is -1.99. The number of aromatic nitrogens is 1. The zero-order chi connectivity index (χ0) is 35.3. The number of carboxylic acids is 2. The van der Waals surface area contributed by atoms with Crippen LogP contribution in [0.1, 0.15) is 32.8 Å². The third-order valence-electron chi connectivity index (χ3n) is 7.36. The number of amides is 4. The van der Waals surface area contributed by atoms with Crippen molar-refractivity contribution in [2.75, 3.05) is 25.6 Å². The molecule has 0 saturated carbocycles. The number of carboxylic acid groups (broad SMARTS) is 2. The number of hydroxylamine groups is 2. The van der Waals surface area contributed by atoms with E-state index in [0.29, 0.717) is 4.90 Å². The van der Waals surface area contributed by atoms with Crippen LogP contribution in [0, 0.1) is 0 Å². The van der Waals surface area contributed by atoms with E-state index >= 15 is 0 Å². The molecule has 3 aliphatic rings. The third-order valence-corrected chi connectivity index (χ3v) is 8.04. The van der Waals surface area contributed by atoms with Gasteiger partial charge in [-0.3, -0.25) is 28.9 Å². The summed E-state index contributed by atoms with van der Waals surface area (Å²) in [6, 6.07) is -2.11. The number of carbonyl (C=O) groups excluding carboxylic acids is 5. The van der Waals surface area contributed by atoms with Crippen LogP contribution in [0.3, 0.4) is 0 Å². The molecule has 2 saturated heterocycles. The third kappa shape index (κ3) is 5.24. The van der Waals surface area contributed by atoms with E-state index in [2.05, 4.69) is 15.5 Å². The lowest BCUT2D eigenvalue weighted by molar-refractivity contribution is -0.256. The zero-order valence-corrected chi connectivity index (χ0v) is 24.6. The molecule has 0 radical (unpaired) electrons. The normalized spacial score (nSPS) is 22.6. The molecule has 5 rings (SSSR count). The average Bonchev–Trinajstić information content (AvgIpc) is 3.77. The summed E-state index contributed by atoms with van der Waals surface area (Å²) >= 11 is 0.818. The van der Waals surface area contributed by atoms with E-state index in [-0.39, 0.29) is 15.9 Å². The van der Waals surface area contributed by atoms with Crippen molar-refractivity contribution in [3.05, 3.63) is 34.3 Å². The number of anilines is 1. The van der Waals surface area contributed by atoms with Gasteiger partial charge in [0.1, 0.15) is 24.4 Å². The summed E-state index contributed by atoms with van der Waals surface area (Å²) in [5, 5.41) is 64.7. The quantitative estimate of drug-likeness (QED) is 0.0369. The second-order valence-electron chi connectivity index (χ2n) is 10.3. The predicted molar refractivity (Wildman–Crippen MR) is 149 cm³/mol. The SMILES string of the molecule is Nc1nc(/C(=N/OC(CO)(CO)C(=O)O)C(=O)N[C@H]2CON(C3(C(=O)O)C[C@H](N4C(=O)c5cc(O)c(O)cc5C4=O)C(=O)O3)C2=O)cs1. The van der Waals surface area contributed by atoms with Crippen molar-refractivity contribution in [1.82, 2.24) is 20.3 Å². The first kappa shape index (κ1) is 33.5. The van der Waals surface area contributed by atoms with Gasteiger partial charge in [-0.25, -0.2) is 19.4 Å². The van der Waals surface area contributed by atoms with Crippen LogP contribution in [-0.2, 0) is 38.4 Å². The molecule has 22 nitrogen and oxygen atoms in total. The van der Waals surface area contributed by atoms with Crippen LogP contribution in [0.4, 0.5) is 5.13 Å². The highest BCUT2D eigenvalue weighted by molar-refractivity contribution is 7.13. The Kier molecular flexibility index (Phi) is 8.38. The lowest BCUT2D eigenvalue weighted by Crippen LogP contribution is -2.57. The average molecular weight is 695 g/mol. The summed E-state index contributed by atoms with van der Waals surface area (Å²) < 4.78 is 5.04. The Morgan fingerprint density at radius 1 is 1.10 bits per heavy atom. The van der Waals surface area contributed by atoms with Crippen molar-refractivity contribution in [2.45, 2.75) is 29.8 Å². The van der Waals surface area contributed by atoms with Gasteiger partial charge >= 0.3 is 23.6 Å².